The third kappa shape index (κ3) is 5.51. The van der Waals surface area contributed by atoms with Crippen molar-refractivity contribution in [2.24, 2.45) is 5.73 Å². The molecule has 3 amide bonds. The van der Waals surface area contributed by atoms with Crippen molar-refractivity contribution in [3.05, 3.63) is 29.8 Å². The third-order valence-electron chi connectivity index (χ3n) is 4.17. The van der Waals surface area contributed by atoms with Gasteiger partial charge >= 0.3 is 12.0 Å². The molecule has 0 unspecified atom stereocenters. The first-order valence-electron chi connectivity index (χ1n) is 8.63. The topological polar surface area (TPSA) is 136 Å². The van der Waals surface area contributed by atoms with Crippen LogP contribution in [0, 0.1) is 0 Å². The molecule has 0 aromatic heterocycles. The molecule has 1 saturated heterocycles. The molecule has 1 aromatic rings. The van der Waals surface area contributed by atoms with E-state index in [-0.39, 0.29) is 10.5 Å². The molecule has 1 aliphatic heterocycles. The quantitative estimate of drug-likeness (QED) is 0.711. The predicted molar refractivity (Wildman–Crippen MR) is 96.3 cm³/mol. The van der Waals surface area contributed by atoms with Crippen LogP contribution in [-0.2, 0) is 19.6 Å². The maximum absolute atomic E-state index is 12.8. The molecule has 9 nitrogen and oxygen atoms in total. The highest BCUT2D eigenvalue weighted by Gasteiger charge is 2.26. The first-order valence-corrected chi connectivity index (χ1v) is 10.1. The molecule has 0 saturated carbocycles. The van der Waals surface area contributed by atoms with Crippen LogP contribution < -0.4 is 11.1 Å². The number of nitrogens with one attached hydrogen (secondary N) is 1. The van der Waals surface area contributed by atoms with Crippen LogP contribution >= 0.6 is 0 Å². The Kier molecular flexibility index (Phi) is 6.92. The lowest BCUT2D eigenvalue weighted by molar-refractivity contribution is -0.127. The third-order valence-corrected chi connectivity index (χ3v) is 6.07. The minimum Gasteiger partial charge on any atom is -0.449 e. The molecule has 1 aliphatic rings. The Morgan fingerprint density at radius 1 is 1.15 bits per heavy atom. The Labute approximate surface area is 157 Å². The molecule has 27 heavy (non-hydrogen) atoms. The van der Waals surface area contributed by atoms with Crippen molar-refractivity contribution in [1.82, 2.24) is 9.62 Å². The number of hydrogen-bond acceptors (Lipinski definition) is 6. The van der Waals surface area contributed by atoms with Crippen LogP contribution in [-0.4, -0.2) is 49.8 Å². The largest absolute Gasteiger partial charge is 0.449 e. The van der Waals surface area contributed by atoms with Gasteiger partial charge in [0.15, 0.2) is 6.10 Å². The van der Waals surface area contributed by atoms with Gasteiger partial charge < -0.3 is 10.5 Å². The van der Waals surface area contributed by atoms with Gasteiger partial charge in [-0.05, 0) is 38.0 Å². The number of amides is 3. The Hall–Kier alpha value is -2.46. The summed E-state index contributed by atoms with van der Waals surface area (Å²) in [7, 11) is -3.72. The van der Waals surface area contributed by atoms with E-state index in [1.54, 1.807) is 5.32 Å². The normalized spacial score (nSPS) is 16.8. The fourth-order valence-corrected chi connectivity index (χ4v) is 4.28. The van der Waals surface area contributed by atoms with E-state index in [1.807, 2.05) is 0 Å². The van der Waals surface area contributed by atoms with Crippen molar-refractivity contribution in [1.29, 1.82) is 0 Å². The molecular formula is C17H23N3O6S. The summed E-state index contributed by atoms with van der Waals surface area (Å²) < 4.78 is 32.0. The summed E-state index contributed by atoms with van der Waals surface area (Å²) in [5.74, 6) is -1.75. The average molecular weight is 397 g/mol. The first kappa shape index (κ1) is 20.8. The smallest absolute Gasteiger partial charge is 0.338 e. The number of nitrogens with two attached hydrogens (primary N) is 1. The van der Waals surface area contributed by atoms with Gasteiger partial charge in [0, 0.05) is 13.1 Å². The second-order valence-corrected chi connectivity index (χ2v) is 8.19. The molecule has 3 N–H and O–H groups in total. The van der Waals surface area contributed by atoms with Gasteiger partial charge in [-0.2, -0.15) is 4.31 Å². The van der Waals surface area contributed by atoms with E-state index in [0.29, 0.717) is 13.1 Å². The lowest BCUT2D eigenvalue weighted by Gasteiger charge is -2.20. The predicted octanol–water partition coefficient (Wildman–Crippen LogP) is 0.991. The zero-order chi connectivity index (χ0) is 20.0. The Balaban J connectivity index is 2.15. The summed E-state index contributed by atoms with van der Waals surface area (Å²) >= 11 is 0. The van der Waals surface area contributed by atoms with E-state index >= 15 is 0 Å². The summed E-state index contributed by atoms with van der Waals surface area (Å²) in [5, 5.41) is 1.80. The zero-order valence-corrected chi connectivity index (χ0v) is 15.8. The van der Waals surface area contributed by atoms with E-state index in [9.17, 15) is 22.8 Å². The van der Waals surface area contributed by atoms with Gasteiger partial charge in [0.25, 0.3) is 5.91 Å². The first-order chi connectivity index (χ1) is 12.7. The molecule has 2 rings (SSSR count). The molecule has 148 valence electrons. The number of esters is 1. The zero-order valence-electron chi connectivity index (χ0n) is 15.0. The minimum absolute atomic E-state index is 0.00640. The molecule has 0 spiro atoms. The van der Waals surface area contributed by atoms with Crippen molar-refractivity contribution in [3.63, 3.8) is 0 Å². The number of primary amides is 1. The van der Waals surface area contributed by atoms with Gasteiger partial charge in [0.05, 0.1) is 10.5 Å². The number of rotatable bonds is 5. The Bertz CT molecular complexity index is 816. The summed E-state index contributed by atoms with van der Waals surface area (Å²) in [6.07, 6.45) is 2.31. The van der Waals surface area contributed by atoms with Crippen LogP contribution in [0.2, 0.25) is 0 Å². The summed E-state index contributed by atoms with van der Waals surface area (Å²) in [6, 6.07) is 4.41. The number of sulfonamides is 1. The van der Waals surface area contributed by atoms with Crippen LogP contribution in [0.5, 0.6) is 0 Å². The highest BCUT2D eigenvalue weighted by atomic mass is 32.2. The second-order valence-electron chi connectivity index (χ2n) is 6.25. The van der Waals surface area contributed by atoms with Gasteiger partial charge in [-0.3, -0.25) is 10.1 Å². The van der Waals surface area contributed by atoms with Gasteiger partial charge in [-0.15, -0.1) is 0 Å². The standard InChI is InChI=1S/C17H23N3O6S/c1-12(15(21)19-17(18)23)26-16(22)13-7-6-8-14(11-13)27(24,25)20-9-4-2-3-5-10-20/h6-8,11-12H,2-5,9-10H2,1H3,(H3,18,19,21,23)/t12-/m1/s1. The van der Waals surface area contributed by atoms with Gasteiger partial charge in [-0.1, -0.05) is 18.9 Å². The van der Waals surface area contributed by atoms with Crippen molar-refractivity contribution in [2.75, 3.05) is 13.1 Å². The number of hydrogen-bond donors (Lipinski definition) is 2. The SMILES string of the molecule is C[C@@H](OC(=O)c1cccc(S(=O)(=O)N2CCCCCC2)c1)C(=O)NC(N)=O. The summed E-state index contributed by atoms with van der Waals surface area (Å²) in [6.45, 7) is 2.16. The van der Waals surface area contributed by atoms with Gasteiger partial charge in [0.1, 0.15) is 0 Å². The fraction of sp³-hybridized carbons (Fsp3) is 0.471. The molecule has 0 radical (unpaired) electrons. The van der Waals surface area contributed by atoms with Crippen LogP contribution in [0.3, 0.4) is 0 Å². The van der Waals surface area contributed by atoms with E-state index in [0.717, 1.165) is 25.7 Å². The minimum atomic E-state index is -3.72. The van der Waals surface area contributed by atoms with Crippen molar-refractivity contribution < 1.29 is 27.5 Å². The van der Waals surface area contributed by atoms with E-state index in [2.05, 4.69) is 0 Å². The molecule has 1 fully saturated rings. The number of nitrogens with zero attached hydrogens (tertiary/aromatic N) is 1. The molecule has 1 aromatic carbocycles. The van der Waals surface area contributed by atoms with E-state index in [4.69, 9.17) is 10.5 Å². The number of benzene rings is 1. The fourth-order valence-electron chi connectivity index (χ4n) is 2.72. The van der Waals surface area contributed by atoms with Crippen molar-refractivity contribution in [3.8, 4) is 0 Å². The Morgan fingerprint density at radius 2 is 1.78 bits per heavy atom. The highest BCUT2D eigenvalue weighted by molar-refractivity contribution is 7.89. The van der Waals surface area contributed by atoms with Gasteiger partial charge in [0.2, 0.25) is 10.0 Å². The maximum atomic E-state index is 12.8. The maximum Gasteiger partial charge on any atom is 0.338 e. The molecule has 0 aliphatic carbocycles. The van der Waals surface area contributed by atoms with Crippen LogP contribution in [0.1, 0.15) is 43.0 Å². The lowest BCUT2D eigenvalue weighted by Crippen LogP contribution is -2.42. The van der Waals surface area contributed by atoms with E-state index in [1.165, 1.54) is 35.5 Å². The van der Waals surface area contributed by atoms with Crippen molar-refractivity contribution in [2.45, 2.75) is 43.6 Å². The molecule has 0 bridgehead atoms. The van der Waals surface area contributed by atoms with Crippen LogP contribution in [0.4, 0.5) is 4.79 Å². The van der Waals surface area contributed by atoms with Crippen LogP contribution in [0.15, 0.2) is 29.2 Å². The van der Waals surface area contributed by atoms with Gasteiger partial charge in [-0.25, -0.2) is 18.0 Å². The monoisotopic (exact) mass is 397 g/mol. The highest BCUT2D eigenvalue weighted by Crippen LogP contribution is 2.21. The molecule has 1 heterocycles. The molecule has 1 atom stereocenters. The summed E-state index contributed by atoms with van der Waals surface area (Å²) in [4.78, 5) is 34.5. The molecule has 10 heteroatoms. The van der Waals surface area contributed by atoms with Crippen LogP contribution in [0.25, 0.3) is 0 Å². The number of imide groups is 1. The lowest BCUT2D eigenvalue weighted by atomic mass is 10.2. The number of urea groups is 1. The Morgan fingerprint density at radius 3 is 2.37 bits per heavy atom. The number of carbonyl (C=O) groups excluding carboxylic acids is 3. The number of ether oxygens (including phenoxy) is 1. The summed E-state index contributed by atoms with van der Waals surface area (Å²) in [5.41, 5.74) is 4.83. The van der Waals surface area contributed by atoms with E-state index < -0.39 is 34.0 Å². The van der Waals surface area contributed by atoms with Crippen molar-refractivity contribution >= 4 is 27.9 Å². The second kappa shape index (κ2) is 8.96. The average Bonchev–Trinajstić information content (AvgIpc) is 2.91. The number of carbonyl (C=O) groups is 3. The molecular weight excluding hydrogens is 374 g/mol.